The van der Waals surface area contributed by atoms with Crippen molar-refractivity contribution in [2.75, 3.05) is 12.3 Å². The fourth-order valence-electron chi connectivity index (χ4n) is 1.82. The summed E-state index contributed by atoms with van der Waals surface area (Å²) in [6.45, 7) is 2.85. The molecule has 0 unspecified atom stereocenters. The predicted molar refractivity (Wildman–Crippen MR) is 87.4 cm³/mol. The van der Waals surface area contributed by atoms with E-state index in [1.54, 1.807) is 16.8 Å². The summed E-state index contributed by atoms with van der Waals surface area (Å²) < 4.78 is 1.57. The molecule has 0 bridgehead atoms. The quantitative estimate of drug-likeness (QED) is 0.591. The normalized spacial score (nSPS) is 10.6. The lowest BCUT2D eigenvalue weighted by molar-refractivity contribution is -0.118. The fraction of sp³-hybridized carbons (Fsp3) is 0.429. The molecule has 6 nitrogen and oxygen atoms in total. The monoisotopic (exact) mass is 339 g/mol. The number of hydrogen-bond donors (Lipinski definition) is 1. The molecule has 0 aliphatic carbocycles. The van der Waals surface area contributed by atoms with Crippen molar-refractivity contribution in [3.05, 3.63) is 29.3 Å². The Morgan fingerprint density at radius 2 is 2.27 bits per heavy atom. The molecule has 1 heterocycles. The van der Waals surface area contributed by atoms with Crippen molar-refractivity contribution in [3.63, 3.8) is 0 Å². The van der Waals surface area contributed by atoms with E-state index in [-0.39, 0.29) is 11.7 Å². The summed E-state index contributed by atoms with van der Waals surface area (Å²) in [4.78, 5) is 11.8. The summed E-state index contributed by atoms with van der Waals surface area (Å²) in [5.41, 5.74) is 0.767. The average Bonchev–Trinajstić information content (AvgIpc) is 2.98. The molecule has 2 aromatic rings. The van der Waals surface area contributed by atoms with Gasteiger partial charge in [0.05, 0.1) is 11.4 Å². The number of thioether (sulfide) groups is 1. The molecule has 0 spiro atoms. The van der Waals surface area contributed by atoms with Gasteiger partial charge in [-0.15, -0.1) is 5.10 Å². The summed E-state index contributed by atoms with van der Waals surface area (Å²) in [5.74, 6) is 0.273. The molecule has 118 valence electrons. The van der Waals surface area contributed by atoms with Crippen molar-refractivity contribution < 1.29 is 4.79 Å². The molecular formula is C14H18ClN5OS. The predicted octanol–water partition coefficient (Wildman–Crippen LogP) is 2.71. The molecule has 0 saturated carbocycles. The molecule has 0 atom stereocenters. The fourth-order valence-corrected chi connectivity index (χ4v) is 2.73. The third-order valence-electron chi connectivity index (χ3n) is 2.93. The molecule has 1 aromatic carbocycles. The summed E-state index contributed by atoms with van der Waals surface area (Å²) in [6, 6.07) is 7.24. The van der Waals surface area contributed by atoms with Crippen LogP contribution < -0.4 is 5.32 Å². The molecule has 1 amide bonds. The maximum absolute atomic E-state index is 11.8. The Labute approximate surface area is 138 Å². The summed E-state index contributed by atoms with van der Waals surface area (Å²) in [6.07, 6.45) is 3.27. The molecule has 1 aromatic heterocycles. The van der Waals surface area contributed by atoms with Crippen LogP contribution in [0, 0.1) is 0 Å². The Morgan fingerprint density at radius 3 is 3.05 bits per heavy atom. The van der Waals surface area contributed by atoms with Crippen molar-refractivity contribution in [2.45, 2.75) is 31.3 Å². The lowest BCUT2D eigenvalue weighted by Crippen LogP contribution is -2.26. The number of carbonyl (C=O) groups is 1. The van der Waals surface area contributed by atoms with Gasteiger partial charge in [-0.2, -0.15) is 4.68 Å². The van der Waals surface area contributed by atoms with E-state index in [0.29, 0.717) is 16.7 Å². The molecule has 8 heteroatoms. The summed E-state index contributed by atoms with van der Waals surface area (Å²) in [7, 11) is 0. The van der Waals surface area contributed by atoms with Crippen LogP contribution in [0.2, 0.25) is 5.02 Å². The van der Waals surface area contributed by atoms with Gasteiger partial charge < -0.3 is 5.32 Å². The van der Waals surface area contributed by atoms with E-state index in [1.807, 2.05) is 12.1 Å². The van der Waals surface area contributed by atoms with E-state index in [4.69, 9.17) is 11.6 Å². The number of carbonyl (C=O) groups excluding carboxylic acids is 1. The summed E-state index contributed by atoms with van der Waals surface area (Å²) in [5, 5.41) is 15.6. The average molecular weight is 340 g/mol. The Balaban J connectivity index is 1.89. The Morgan fingerprint density at radius 1 is 1.41 bits per heavy atom. The maximum Gasteiger partial charge on any atom is 0.230 e. The Bertz CT molecular complexity index is 619. The van der Waals surface area contributed by atoms with Crippen LogP contribution in [-0.2, 0) is 4.79 Å². The minimum absolute atomic E-state index is 0.0123. The number of nitrogens with one attached hydrogen (secondary N) is 1. The first-order chi connectivity index (χ1) is 10.7. The zero-order chi connectivity index (χ0) is 15.8. The maximum atomic E-state index is 11.8. The Hall–Kier alpha value is -1.60. The Kier molecular flexibility index (Phi) is 6.67. The SMILES string of the molecule is CCCCCNC(=O)CSc1nnnn1-c1cccc(Cl)c1. The van der Waals surface area contributed by atoms with Crippen molar-refractivity contribution in [2.24, 2.45) is 0 Å². The number of halogens is 1. The molecule has 0 fully saturated rings. The molecule has 0 aliphatic rings. The molecule has 2 rings (SSSR count). The van der Waals surface area contributed by atoms with Gasteiger partial charge in [0.2, 0.25) is 11.1 Å². The van der Waals surface area contributed by atoms with Crippen LogP contribution in [-0.4, -0.2) is 38.4 Å². The standard InChI is InChI=1S/C14H18ClN5OS/c1-2-3-4-8-16-13(21)10-22-14-17-18-19-20(14)12-7-5-6-11(15)9-12/h5-7,9H,2-4,8,10H2,1H3,(H,16,21). The first-order valence-corrected chi connectivity index (χ1v) is 8.51. The zero-order valence-electron chi connectivity index (χ0n) is 12.3. The van der Waals surface area contributed by atoms with E-state index in [2.05, 4.69) is 27.8 Å². The number of aromatic nitrogens is 4. The van der Waals surface area contributed by atoms with E-state index in [9.17, 15) is 4.79 Å². The highest BCUT2D eigenvalue weighted by Crippen LogP contribution is 2.20. The van der Waals surface area contributed by atoms with Gasteiger partial charge in [0.15, 0.2) is 0 Å². The second-order valence-corrected chi connectivity index (χ2v) is 6.08. The largest absolute Gasteiger partial charge is 0.355 e. The lowest BCUT2D eigenvalue weighted by Gasteiger charge is -2.05. The lowest BCUT2D eigenvalue weighted by atomic mass is 10.2. The third-order valence-corrected chi connectivity index (χ3v) is 4.08. The van der Waals surface area contributed by atoms with Crippen LogP contribution in [0.4, 0.5) is 0 Å². The van der Waals surface area contributed by atoms with Gasteiger partial charge in [-0.25, -0.2) is 0 Å². The minimum Gasteiger partial charge on any atom is -0.355 e. The number of amides is 1. The van der Waals surface area contributed by atoms with Gasteiger partial charge in [0, 0.05) is 11.6 Å². The van der Waals surface area contributed by atoms with Crippen LogP contribution in [0.15, 0.2) is 29.4 Å². The van der Waals surface area contributed by atoms with E-state index in [0.717, 1.165) is 24.9 Å². The van der Waals surface area contributed by atoms with Crippen LogP contribution in [0.5, 0.6) is 0 Å². The molecule has 1 N–H and O–H groups in total. The number of rotatable bonds is 8. The van der Waals surface area contributed by atoms with Gasteiger partial charge >= 0.3 is 0 Å². The topological polar surface area (TPSA) is 72.7 Å². The minimum atomic E-state index is -0.0123. The van der Waals surface area contributed by atoms with Crippen LogP contribution in [0.25, 0.3) is 5.69 Å². The van der Waals surface area contributed by atoms with Gasteiger partial charge in [-0.05, 0) is 35.0 Å². The highest BCUT2D eigenvalue weighted by Gasteiger charge is 2.11. The number of benzene rings is 1. The van der Waals surface area contributed by atoms with E-state index < -0.39 is 0 Å². The van der Waals surface area contributed by atoms with Gasteiger partial charge in [0.25, 0.3) is 0 Å². The number of unbranched alkanes of at least 4 members (excludes halogenated alkanes) is 2. The van der Waals surface area contributed by atoms with Crippen molar-refractivity contribution >= 4 is 29.3 Å². The highest BCUT2D eigenvalue weighted by atomic mass is 35.5. The zero-order valence-corrected chi connectivity index (χ0v) is 13.9. The number of hydrogen-bond acceptors (Lipinski definition) is 5. The third kappa shape index (κ3) is 4.99. The first kappa shape index (κ1) is 16.8. The van der Waals surface area contributed by atoms with Gasteiger partial charge in [-0.3, -0.25) is 4.79 Å². The van der Waals surface area contributed by atoms with E-state index >= 15 is 0 Å². The first-order valence-electron chi connectivity index (χ1n) is 7.14. The molecule has 0 radical (unpaired) electrons. The van der Waals surface area contributed by atoms with Gasteiger partial charge in [-0.1, -0.05) is 49.2 Å². The molecule has 22 heavy (non-hydrogen) atoms. The van der Waals surface area contributed by atoms with E-state index in [1.165, 1.54) is 11.8 Å². The number of nitrogens with zero attached hydrogens (tertiary/aromatic N) is 4. The van der Waals surface area contributed by atoms with Crippen LogP contribution in [0.1, 0.15) is 26.2 Å². The molecule has 0 saturated heterocycles. The van der Waals surface area contributed by atoms with Gasteiger partial charge in [0.1, 0.15) is 0 Å². The van der Waals surface area contributed by atoms with Crippen molar-refractivity contribution in [1.29, 1.82) is 0 Å². The molecular weight excluding hydrogens is 322 g/mol. The smallest absolute Gasteiger partial charge is 0.230 e. The second-order valence-electron chi connectivity index (χ2n) is 4.70. The van der Waals surface area contributed by atoms with Crippen LogP contribution in [0.3, 0.4) is 0 Å². The number of tetrazole rings is 1. The van der Waals surface area contributed by atoms with Crippen LogP contribution >= 0.6 is 23.4 Å². The second kappa shape index (κ2) is 8.75. The highest BCUT2D eigenvalue weighted by molar-refractivity contribution is 7.99. The molecule has 0 aliphatic heterocycles. The van der Waals surface area contributed by atoms with Crippen molar-refractivity contribution in [3.8, 4) is 5.69 Å². The summed E-state index contributed by atoms with van der Waals surface area (Å²) >= 11 is 7.27. The van der Waals surface area contributed by atoms with Crippen molar-refractivity contribution in [1.82, 2.24) is 25.5 Å².